The van der Waals surface area contributed by atoms with Crippen LogP contribution in [0.1, 0.15) is 12.8 Å². The first kappa shape index (κ1) is 21.8. The smallest absolute Gasteiger partial charge is 0.271 e. The fraction of sp³-hybridized carbons (Fsp3) is 0.294. The Kier molecular flexibility index (Phi) is 7.50. The largest absolute Gasteiger partial charge is 0.393 e. The van der Waals surface area contributed by atoms with Gasteiger partial charge < -0.3 is 10.0 Å². The van der Waals surface area contributed by atoms with Crippen LogP contribution in [0.4, 0.5) is 21.5 Å². The molecule has 150 valence electrons. The van der Waals surface area contributed by atoms with Crippen molar-refractivity contribution in [2.75, 3.05) is 18.0 Å². The maximum Gasteiger partial charge on any atom is 0.271 e. The minimum Gasteiger partial charge on any atom is -0.393 e. The second-order valence-corrected chi connectivity index (χ2v) is 6.78. The van der Waals surface area contributed by atoms with Gasteiger partial charge in [-0.1, -0.05) is 23.2 Å². The average molecular weight is 432 g/mol. The maximum atomic E-state index is 12.4. The first-order valence-electron chi connectivity index (χ1n) is 8.15. The van der Waals surface area contributed by atoms with Gasteiger partial charge in [-0.05, 0) is 25.0 Å². The summed E-state index contributed by atoms with van der Waals surface area (Å²) in [7, 11) is 0. The molecule has 3 rings (SSSR count). The zero-order chi connectivity index (χ0) is 20.8. The summed E-state index contributed by atoms with van der Waals surface area (Å²) in [6.07, 6.45) is 1.16. The number of hydrogen-bond acceptors (Lipinski definition) is 6. The van der Waals surface area contributed by atoms with Crippen molar-refractivity contribution in [1.29, 1.82) is 0 Å². The quantitative estimate of drug-likeness (QED) is 0.561. The van der Waals surface area contributed by atoms with Crippen molar-refractivity contribution in [3.63, 3.8) is 0 Å². The molecule has 2 aromatic carbocycles. The summed E-state index contributed by atoms with van der Waals surface area (Å²) in [6.45, 7) is 1.44. The van der Waals surface area contributed by atoms with Gasteiger partial charge in [-0.2, -0.15) is 0 Å². The number of rotatable bonds is 3. The van der Waals surface area contributed by atoms with Crippen LogP contribution in [0.3, 0.4) is 0 Å². The number of benzene rings is 2. The van der Waals surface area contributed by atoms with E-state index in [1.807, 2.05) is 4.90 Å². The van der Waals surface area contributed by atoms with E-state index in [9.17, 15) is 29.7 Å². The number of aliphatic hydroxyl groups excluding tert-OH is 1. The molecule has 11 heteroatoms. The molecule has 2 aromatic rings. The van der Waals surface area contributed by atoms with Crippen molar-refractivity contribution in [1.82, 2.24) is 0 Å². The number of non-ortho nitro benzene ring substituents is 2. The first-order chi connectivity index (χ1) is 13.2. The lowest BCUT2D eigenvalue weighted by Crippen LogP contribution is -2.35. The number of anilines is 1. The summed E-state index contributed by atoms with van der Waals surface area (Å²) < 4.78 is 12.4. The van der Waals surface area contributed by atoms with Crippen LogP contribution in [0, 0.1) is 26.0 Å². The number of aliphatic hydroxyl groups is 1. The normalized spacial score (nSPS) is 14.2. The highest BCUT2D eigenvalue weighted by atomic mass is 35.5. The molecular weight excluding hydrogens is 416 g/mol. The van der Waals surface area contributed by atoms with E-state index in [4.69, 9.17) is 23.2 Å². The second kappa shape index (κ2) is 9.63. The lowest BCUT2D eigenvalue weighted by molar-refractivity contribution is -0.385. The summed E-state index contributed by atoms with van der Waals surface area (Å²) in [6, 6.07) is 7.46. The first-order valence-corrected chi connectivity index (χ1v) is 8.91. The van der Waals surface area contributed by atoms with E-state index in [0.717, 1.165) is 37.0 Å². The summed E-state index contributed by atoms with van der Waals surface area (Å²) in [5, 5.41) is 30.2. The van der Waals surface area contributed by atoms with Crippen molar-refractivity contribution >= 4 is 40.3 Å². The molecule has 0 atom stereocenters. The molecule has 0 amide bonds. The lowest BCUT2D eigenvalue weighted by Gasteiger charge is -2.31. The van der Waals surface area contributed by atoms with Gasteiger partial charge in [0.05, 0.1) is 31.7 Å². The van der Waals surface area contributed by atoms with Gasteiger partial charge in [0.1, 0.15) is 5.82 Å². The molecule has 1 saturated heterocycles. The predicted molar refractivity (Wildman–Crippen MR) is 104 cm³/mol. The Morgan fingerprint density at radius 2 is 1.46 bits per heavy atom. The third-order valence-corrected chi connectivity index (χ3v) is 4.65. The number of hydrogen-bond donors (Lipinski definition) is 1. The van der Waals surface area contributed by atoms with Crippen molar-refractivity contribution in [3.8, 4) is 0 Å². The van der Waals surface area contributed by atoms with Crippen molar-refractivity contribution < 1.29 is 19.3 Å². The summed E-state index contributed by atoms with van der Waals surface area (Å²) in [4.78, 5) is 21.6. The van der Waals surface area contributed by atoms with E-state index < -0.39 is 15.7 Å². The van der Waals surface area contributed by atoms with Gasteiger partial charge in [-0.3, -0.25) is 20.2 Å². The lowest BCUT2D eigenvalue weighted by atomic mass is 10.1. The Morgan fingerprint density at radius 1 is 0.964 bits per heavy atom. The van der Waals surface area contributed by atoms with Crippen molar-refractivity contribution in [2.45, 2.75) is 18.9 Å². The van der Waals surface area contributed by atoms with Crippen LogP contribution in [0.25, 0.3) is 0 Å². The maximum absolute atomic E-state index is 12.4. The molecule has 0 bridgehead atoms. The number of nitrogens with zero attached hydrogens (tertiary/aromatic N) is 3. The summed E-state index contributed by atoms with van der Waals surface area (Å²) >= 11 is 11.3. The molecule has 0 spiro atoms. The van der Waals surface area contributed by atoms with Crippen LogP contribution in [0.15, 0.2) is 36.4 Å². The van der Waals surface area contributed by atoms with Gasteiger partial charge in [0.2, 0.25) is 0 Å². The fourth-order valence-electron chi connectivity index (χ4n) is 2.57. The van der Waals surface area contributed by atoms with Gasteiger partial charge in [0.15, 0.2) is 0 Å². The van der Waals surface area contributed by atoms with Gasteiger partial charge >= 0.3 is 0 Å². The Hall–Kier alpha value is -2.49. The number of nitro benzene ring substituents is 2. The van der Waals surface area contributed by atoms with Gasteiger partial charge in [-0.25, -0.2) is 4.39 Å². The third-order valence-electron chi connectivity index (χ3n) is 4.06. The van der Waals surface area contributed by atoms with Crippen LogP contribution in [-0.2, 0) is 0 Å². The van der Waals surface area contributed by atoms with E-state index >= 15 is 0 Å². The van der Waals surface area contributed by atoms with Crippen molar-refractivity contribution in [2.24, 2.45) is 0 Å². The second-order valence-electron chi connectivity index (χ2n) is 5.97. The summed E-state index contributed by atoms with van der Waals surface area (Å²) in [5.74, 6) is -0.655. The molecular formula is C17H16Cl2FN3O5. The topological polar surface area (TPSA) is 110 Å². The molecule has 0 aliphatic carbocycles. The number of halogens is 3. The van der Waals surface area contributed by atoms with Crippen LogP contribution in [-0.4, -0.2) is 34.1 Å². The predicted octanol–water partition coefficient (Wildman–Crippen LogP) is 4.60. The minimum absolute atomic E-state index is 0.00389. The van der Waals surface area contributed by atoms with E-state index in [1.165, 1.54) is 12.1 Å². The molecule has 1 aliphatic heterocycles. The average Bonchev–Trinajstić information content (AvgIpc) is 2.65. The Morgan fingerprint density at radius 3 is 1.93 bits per heavy atom. The molecule has 0 aromatic heterocycles. The molecule has 8 nitrogen and oxygen atoms in total. The van der Waals surface area contributed by atoms with Crippen LogP contribution < -0.4 is 4.90 Å². The van der Waals surface area contributed by atoms with Crippen LogP contribution >= 0.6 is 23.2 Å². The monoisotopic (exact) mass is 431 g/mol. The van der Waals surface area contributed by atoms with Gasteiger partial charge in [0, 0.05) is 37.4 Å². The van der Waals surface area contributed by atoms with Gasteiger partial charge in [-0.15, -0.1) is 0 Å². The summed E-state index contributed by atoms with van der Waals surface area (Å²) in [5.41, 5.74) is 0.580. The molecule has 0 saturated carbocycles. The molecule has 0 radical (unpaired) electrons. The minimum atomic E-state index is -0.655. The number of piperidine rings is 1. The number of nitro groups is 2. The van der Waals surface area contributed by atoms with Gasteiger partial charge in [0.25, 0.3) is 11.4 Å². The highest BCUT2D eigenvalue weighted by Crippen LogP contribution is 2.31. The molecule has 0 unspecified atom stereocenters. The van der Waals surface area contributed by atoms with E-state index in [2.05, 4.69) is 0 Å². The zero-order valence-electron chi connectivity index (χ0n) is 14.4. The SMILES string of the molecule is O=[N+]([O-])c1ccc(F)c(Cl)c1.O=[N+]([O-])c1ccc(N2CCC(O)CC2)c(Cl)c1. The highest BCUT2D eigenvalue weighted by molar-refractivity contribution is 6.33. The molecule has 1 fully saturated rings. The Bertz CT molecular complexity index is 876. The van der Waals surface area contributed by atoms with Crippen molar-refractivity contribution in [3.05, 3.63) is 72.5 Å². The van der Waals surface area contributed by atoms with E-state index in [-0.39, 0.29) is 22.5 Å². The van der Waals surface area contributed by atoms with Crippen LogP contribution in [0.5, 0.6) is 0 Å². The Labute approximate surface area is 169 Å². The molecule has 28 heavy (non-hydrogen) atoms. The van der Waals surface area contributed by atoms with Crippen LogP contribution in [0.2, 0.25) is 10.0 Å². The molecule has 1 N–H and O–H groups in total. The highest BCUT2D eigenvalue weighted by Gasteiger charge is 2.20. The van der Waals surface area contributed by atoms with E-state index in [1.54, 1.807) is 6.07 Å². The Balaban J connectivity index is 0.000000221. The van der Waals surface area contributed by atoms with E-state index in [0.29, 0.717) is 17.9 Å². The zero-order valence-corrected chi connectivity index (χ0v) is 15.9. The third kappa shape index (κ3) is 5.75. The standard InChI is InChI=1S/C11H13ClN2O3.C6H3ClFNO2/c12-10-7-8(14(16)17)1-2-11(10)13-5-3-9(15)4-6-13;7-5-3-4(9(10)11)1-2-6(5)8/h1-2,7,9,15H,3-6H2;1-3H. The molecule has 1 heterocycles. The molecule has 1 aliphatic rings. The fourth-order valence-corrected chi connectivity index (χ4v) is 3.04.